The maximum Gasteiger partial charge on any atom is 0.264 e. The van der Waals surface area contributed by atoms with Crippen LogP contribution in [0.1, 0.15) is 19.9 Å². The monoisotopic (exact) mass is 447 g/mol. The number of imidazole rings is 1. The van der Waals surface area contributed by atoms with Crippen LogP contribution in [0.5, 0.6) is 11.5 Å². The molecule has 0 fully saturated rings. The number of anilines is 1. The van der Waals surface area contributed by atoms with Gasteiger partial charge >= 0.3 is 0 Å². The summed E-state index contributed by atoms with van der Waals surface area (Å²) in [5, 5.41) is 8.39. The third-order valence-electron chi connectivity index (χ3n) is 5.85. The van der Waals surface area contributed by atoms with Crippen LogP contribution in [-0.4, -0.2) is 46.4 Å². The SMILES string of the molecule is COc1cc2c(cc1-c1cc(-c3cnnc4c3ncn4C(C)C)ccc1F)OCC(=O)N2C. The van der Waals surface area contributed by atoms with E-state index in [-0.39, 0.29) is 18.6 Å². The number of amides is 1. The Balaban J connectivity index is 1.67. The van der Waals surface area contributed by atoms with Gasteiger partial charge in [-0.1, -0.05) is 6.07 Å². The molecule has 5 rings (SSSR count). The van der Waals surface area contributed by atoms with Crippen LogP contribution in [0.2, 0.25) is 0 Å². The number of carbonyl (C=O) groups is 1. The molecule has 0 spiro atoms. The Hall–Kier alpha value is -4.01. The molecule has 9 heteroatoms. The first-order valence-corrected chi connectivity index (χ1v) is 10.5. The van der Waals surface area contributed by atoms with Gasteiger partial charge in [0.05, 0.1) is 25.3 Å². The van der Waals surface area contributed by atoms with Crippen molar-refractivity contribution >= 4 is 22.8 Å². The number of methoxy groups -OCH3 is 1. The molecule has 0 atom stereocenters. The number of hydrogen-bond acceptors (Lipinski definition) is 6. The van der Waals surface area contributed by atoms with Crippen molar-refractivity contribution in [2.45, 2.75) is 19.9 Å². The van der Waals surface area contributed by atoms with Crippen LogP contribution in [0, 0.1) is 5.82 Å². The fraction of sp³-hybridized carbons (Fsp3) is 0.250. The molecule has 33 heavy (non-hydrogen) atoms. The Labute approximate surface area is 189 Å². The van der Waals surface area contributed by atoms with Crippen molar-refractivity contribution in [3.8, 4) is 33.8 Å². The lowest BCUT2D eigenvalue weighted by molar-refractivity contribution is -0.120. The summed E-state index contributed by atoms with van der Waals surface area (Å²) >= 11 is 0. The predicted molar refractivity (Wildman–Crippen MR) is 122 cm³/mol. The number of halogens is 1. The van der Waals surface area contributed by atoms with E-state index in [2.05, 4.69) is 15.2 Å². The zero-order valence-electron chi connectivity index (χ0n) is 18.7. The third kappa shape index (κ3) is 3.36. The molecule has 0 N–H and O–H groups in total. The predicted octanol–water partition coefficient (Wildman–Crippen LogP) is 4.24. The zero-order valence-corrected chi connectivity index (χ0v) is 18.7. The second-order valence-corrected chi connectivity index (χ2v) is 8.13. The molecule has 168 valence electrons. The Morgan fingerprint density at radius 1 is 1.15 bits per heavy atom. The van der Waals surface area contributed by atoms with Crippen molar-refractivity contribution in [2.24, 2.45) is 0 Å². The second-order valence-electron chi connectivity index (χ2n) is 8.13. The normalized spacial score (nSPS) is 13.4. The van der Waals surface area contributed by atoms with E-state index in [1.165, 1.54) is 18.1 Å². The first-order valence-electron chi connectivity index (χ1n) is 10.5. The van der Waals surface area contributed by atoms with Gasteiger partial charge in [-0.3, -0.25) is 4.79 Å². The molecule has 0 aliphatic carbocycles. The van der Waals surface area contributed by atoms with E-state index in [0.29, 0.717) is 39.5 Å². The summed E-state index contributed by atoms with van der Waals surface area (Å²) in [4.78, 5) is 18.0. The Morgan fingerprint density at radius 3 is 2.73 bits per heavy atom. The molecule has 8 nitrogen and oxygen atoms in total. The van der Waals surface area contributed by atoms with Crippen LogP contribution in [0.15, 0.2) is 42.9 Å². The fourth-order valence-electron chi connectivity index (χ4n) is 4.01. The summed E-state index contributed by atoms with van der Waals surface area (Å²) in [6.07, 6.45) is 3.37. The number of carbonyl (C=O) groups excluding carboxylic acids is 1. The van der Waals surface area contributed by atoms with Crippen LogP contribution >= 0.6 is 0 Å². The Morgan fingerprint density at radius 2 is 1.97 bits per heavy atom. The molecule has 4 aromatic rings. The lowest BCUT2D eigenvalue weighted by atomic mass is 9.97. The molecule has 3 heterocycles. The van der Waals surface area contributed by atoms with Crippen LogP contribution < -0.4 is 14.4 Å². The number of hydrogen-bond donors (Lipinski definition) is 0. The van der Waals surface area contributed by atoms with Gasteiger partial charge in [0.25, 0.3) is 5.91 Å². The molecular formula is C24H22FN5O3. The number of benzene rings is 2. The van der Waals surface area contributed by atoms with Crippen LogP contribution in [-0.2, 0) is 4.79 Å². The van der Waals surface area contributed by atoms with Gasteiger partial charge in [-0.25, -0.2) is 9.37 Å². The summed E-state index contributed by atoms with van der Waals surface area (Å²) in [6.45, 7) is 4.01. The van der Waals surface area contributed by atoms with Crippen molar-refractivity contribution in [1.29, 1.82) is 0 Å². The van der Waals surface area contributed by atoms with Gasteiger partial charge in [-0.15, -0.1) is 5.10 Å². The summed E-state index contributed by atoms with van der Waals surface area (Å²) in [6, 6.07) is 8.40. The van der Waals surface area contributed by atoms with Gasteiger partial charge in [0.1, 0.15) is 22.8 Å². The number of nitrogens with zero attached hydrogens (tertiary/aromatic N) is 5. The molecule has 0 radical (unpaired) electrons. The highest BCUT2D eigenvalue weighted by Crippen LogP contribution is 2.43. The topological polar surface area (TPSA) is 82.4 Å². The highest BCUT2D eigenvalue weighted by atomic mass is 19.1. The largest absolute Gasteiger partial charge is 0.496 e. The minimum atomic E-state index is -0.414. The number of likely N-dealkylation sites (N-methyl/N-ethyl adjacent to an activating group) is 1. The molecule has 0 saturated heterocycles. The van der Waals surface area contributed by atoms with E-state index in [1.807, 2.05) is 18.4 Å². The van der Waals surface area contributed by atoms with Gasteiger partial charge in [0, 0.05) is 35.8 Å². The van der Waals surface area contributed by atoms with Crippen molar-refractivity contribution in [3.05, 3.63) is 48.7 Å². The van der Waals surface area contributed by atoms with Crippen molar-refractivity contribution in [3.63, 3.8) is 0 Å². The number of fused-ring (bicyclic) bond motifs is 2. The van der Waals surface area contributed by atoms with E-state index >= 15 is 4.39 Å². The average Bonchev–Trinajstić information content (AvgIpc) is 3.26. The van der Waals surface area contributed by atoms with Crippen LogP contribution in [0.4, 0.5) is 10.1 Å². The van der Waals surface area contributed by atoms with E-state index in [1.54, 1.807) is 43.8 Å². The first kappa shape index (κ1) is 20.9. The van der Waals surface area contributed by atoms with Crippen molar-refractivity contribution in [2.75, 3.05) is 25.7 Å². The summed E-state index contributed by atoms with van der Waals surface area (Å²) in [7, 11) is 3.18. The van der Waals surface area contributed by atoms with Gasteiger partial charge in [0.15, 0.2) is 12.3 Å². The maximum atomic E-state index is 15.1. The molecule has 1 aliphatic heterocycles. The molecule has 2 aromatic carbocycles. The van der Waals surface area contributed by atoms with E-state index in [9.17, 15) is 4.79 Å². The van der Waals surface area contributed by atoms with Crippen molar-refractivity contribution < 1.29 is 18.7 Å². The van der Waals surface area contributed by atoms with E-state index in [4.69, 9.17) is 9.47 Å². The number of aromatic nitrogens is 4. The lowest BCUT2D eigenvalue weighted by Gasteiger charge is -2.27. The molecule has 1 aliphatic rings. The summed E-state index contributed by atoms with van der Waals surface area (Å²) in [5.41, 5.74) is 4.28. The molecule has 1 amide bonds. The number of ether oxygens (including phenoxy) is 2. The molecule has 0 unspecified atom stereocenters. The third-order valence-corrected chi connectivity index (χ3v) is 5.85. The maximum absolute atomic E-state index is 15.1. The number of rotatable bonds is 4. The molecule has 0 bridgehead atoms. The molecular weight excluding hydrogens is 425 g/mol. The van der Waals surface area contributed by atoms with E-state index in [0.717, 1.165) is 11.1 Å². The molecule has 0 saturated carbocycles. The molecule has 2 aromatic heterocycles. The van der Waals surface area contributed by atoms with Crippen LogP contribution in [0.25, 0.3) is 33.4 Å². The van der Waals surface area contributed by atoms with Gasteiger partial charge in [0.2, 0.25) is 0 Å². The van der Waals surface area contributed by atoms with Gasteiger partial charge in [-0.05, 0) is 37.6 Å². The highest BCUT2D eigenvalue weighted by molar-refractivity contribution is 5.99. The fourth-order valence-corrected chi connectivity index (χ4v) is 4.01. The highest BCUT2D eigenvalue weighted by Gasteiger charge is 2.26. The first-order chi connectivity index (χ1) is 15.9. The second kappa shape index (κ2) is 7.84. The standard InChI is InChI=1S/C24H22FN5O3/c1-13(2)30-12-26-23-17(10-27-28-24(23)30)14-5-6-18(25)15(7-14)16-8-21-19(9-20(16)32-4)29(3)22(31)11-33-21/h5-10,12-13H,11H2,1-4H3. The van der Waals surface area contributed by atoms with E-state index < -0.39 is 5.82 Å². The quantitative estimate of drug-likeness (QED) is 0.465. The average molecular weight is 447 g/mol. The van der Waals surface area contributed by atoms with Crippen LogP contribution in [0.3, 0.4) is 0 Å². The Kier molecular flexibility index (Phi) is 4.96. The minimum absolute atomic E-state index is 0.0725. The minimum Gasteiger partial charge on any atom is -0.496 e. The summed E-state index contributed by atoms with van der Waals surface area (Å²) in [5.74, 6) is 0.335. The zero-order chi connectivity index (χ0) is 23.3. The van der Waals surface area contributed by atoms with Crippen molar-refractivity contribution in [1.82, 2.24) is 19.7 Å². The summed E-state index contributed by atoms with van der Waals surface area (Å²) < 4.78 is 28.2. The van der Waals surface area contributed by atoms with Gasteiger partial charge in [-0.2, -0.15) is 5.10 Å². The van der Waals surface area contributed by atoms with Gasteiger partial charge < -0.3 is 18.9 Å². The Bertz CT molecular complexity index is 1400. The lowest BCUT2D eigenvalue weighted by Crippen LogP contribution is -2.35. The smallest absolute Gasteiger partial charge is 0.264 e.